The average molecular weight is 350 g/mol. The van der Waals surface area contributed by atoms with Gasteiger partial charge in [-0.25, -0.2) is 4.79 Å². The van der Waals surface area contributed by atoms with Crippen molar-refractivity contribution in [2.75, 3.05) is 26.1 Å². The molecule has 0 saturated heterocycles. The number of carbonyl (C=O) groups excluding carboxylic acids is 2. The van der Waals surface area contributed by atoms with Crippen LogP contribution in [0.2, 0.25) is 5.02 Å². The maximum absolute atomic E-state index is 12.1. The Labute approximate surface area is 144 Å². The summed E-state index contributed by atoms with van der Waals surface area (Å²) in [5.74, 6) is -0.210. The highest BCUT2D eigenvalue weighted by atomic mass is 35.5. The molecular formula is C17H16ClNO5. The zero-order valence-electron chi connectivity index (χ0n) is 13.2. The molecule has 0 spiro atoms. The summed E-state index contributed by atoms with van der Waals surface area (Å²) in [5, 5.41) is 3.16. The highest BCUT2D eigenvalue weighted by molar-refractivity contribution is 6.30. The Morgan fingerprint density at radius 2 is 1.58 bits per heavy atom. The van der Waals surface area contributed by atoms with Crippen molar-refractivity contribution in [2.24, 2.45) is 0 Å². The number of anilines is 1. The first-order valence-electron chi connectivity index (χ1n) is 6.97. The molecule has 0 fully saturated rings. The van der Waals surface area contributed by atoms with Gasteiger partial charge in [-0.15, -0.1) is 0 Å². The molecule has 1 N–H and O–H groups in total. The summed E-state index contributed by atoms with van der Waals surface area (Å²) in [5.41, 5.74) is 0.786. The average Bonchev–Trinajstić information content (AvgIpc) is 2.61. The molecule has 0 aliphatic carbocycles. The third-order valence-corrected chi connectivity index (χ3v) is 3.30. The molecule has 1 amide bonds. The van der Waals surface area contributed by atoms with Crippen LogP contribution in [0.1, 0.15) is 10.4 Å². The van der Waals surface area contributed by atoms with E-state index in [1.807, 2.05) is 0 Å². The van der Waals surface area contributed by atoms with E-state index in [1.54, 1.807) is 30.3 Å². The second kappa shape index (κ2) is 8.21. The number of nitrogens with one attached hydrogen (secondary N) is 1. The van der Waals surface area contributed by atoms with Crippen LogP contribution in [-0.2, 0) is 9.53 Å². The van der Waals surface area contributed by atoms with Gasteiger partial charge in [-0.3, -0.25) is 4.79 Å². The van der Waals surface area contributed by atoms with E-state index in [9.17, 15) is 9.59 Å². The Morgan fingerprint density at radius 1 is 1.00 bits per heavy atom. The number of amides is 1. The Morgan fingerprint density at radius 3 is 2.12 bits per heavy atom. The van der Waals surface area contributed by atoms with Crippen molar-refractivity contribution in [3.63, 3.8) is 0 Å². The number of halogens is 1. The number of benzene rings is 2. The third-order valence-electron chi connectivity index (χ3n) is 3.05. The monoisotopic (exact) mass is 349 g/mol. The number of ether oxygens (including phenoxy) is 3. The number of methoxy groups -OCH3 is 2. The quantitative estimate of drug-likeness (QED) is 0.811. The van der Waals surface area contributed by atoms with Crippen molar-refractivity contribution in [3.05, 3.63) is 53.1 Å². The van der Waals surface area contributed by atoms with Crippen molar-refractivity contribution < 1.29 is 23.8 Å². The van der Waals surface area contributed by atoms with Crippen LogP contribution in [0.25, 0.3) is 0 Å². The minimum Gasteiger partial charge on any atom is -0.497 e. The number of esters is 1. The number of hydrogen-bond donors (Lipinski definition) is 1. The SMILES string of the molecule is COc1cc(OC)cc(C(=O)OCC(=O)Nc2ccc(Cl)cc2)c1. The van der Waals surface area contributed by atoms with E-state index in [0.717, 1.165) is 0 Å². The lowest BCUT2D eigenvalue weighted by molar-refractivity contribution is -0.119. The molecule has 0 heterocycles. The van der Waals surface area contributed by atoms with E-state index >= 15 is 0 Å². The fraction of sp³-hybridized carbons (Fsp3) is 0.176. The number of hydrogen-bond acceptors (Lipinski definition) is 5. The first-order valence-corrected chi connectivity index (χ1v) is 7.35. The van der Waals surface area contributed by atoms with Crippen molar-refractivity contribution in [3.8, 4) is 11.5 Å². The zero-order valence-corrected chi connectivity index (χ0v) is 13.9. The van der Waals surface area contributed by atoms with E-state index in [4.69, 9.17) is 25.8 Å². The molecule has 2 rings (SSSR count). The summed E-state index contributed by atoms with van der Waals surface area (Å²) in [4.78, 5) is 23.9. The molecular weight excluding hydrogens is 334 g/mol. The molecule has 0 radical (unpaired) electrons. The molecule has 126 valence electrons. The second-order valence-electron chi connectivity index (χ2n) is 4.73. The van der Waals surface area contributed by atoms with Crippen LogP contribution >= 0.6 is 11.6 Å². The lowest BCUT2D eigenvalue weighted by Crippen LogP contribution is -2.20. The topological polar surface area (TPSA) is 73.9 Å². The van der Waals surface area contributed by atoms with Gasteiger partial charge in [0.05, 0.1) is 19.8 Å². The lowest BCUT2D eigenvalue weighted by Gasteiger charge is -2.09. The van der Waals surface area contributed by atoms with Crippen LogP contribution < -0.4 is 14.8 Å². The van der Waals surface area contributed by atoms with Gasteiger partial charge in [-0.05, 0) is 36.4 Å². The van der Waals surface area contributed by atoms with Gasteiger partial charge in [0.25, 0.3) is 5.91 Å². The normalized spacial score (nSPS) is 9.96. The lowest BCUT2D eigenvalue weighted by atomic mass is 10.2. The van der Waals surface area contributed by atoms with Crippen LogP contribution in [0.3, 0.4) is 0 Å². The highest BCUT2D eigenvalue weighted by Crippen LogP contribution is 2.23. The minimum atomic E-state index is -0.654. The molecule has 0 saturated carbocycles. The predicted octanol–water partition coefficient (Wildman–Crippen LogP) is 3.15. The van der Waals surface area contributed by atoms with E-state index < -0.39 is 18.5 Å². The van der Waals surface area contributed by atoms with Gasteiger partial charge in [0, 0.05) is 16.8 Å². The van der Waals surface area contributed by atoms with Crippen LogP contribution in [0.5, 0.6) is 11.5 Å². The molecule has 0 aromatic heterocycles. The Bertz CT molecular complexity index is 708. The summed E-state index contributed by atoms with van der Waals surface area (Å²) in [6.07, 6.45) is 0. The molecule has 7 heteroatoms. The Balaban J connectivity index is 1.94. The summed E-state index contributed by atoms with van der Waals surface area (Å²) in [6, 6.07) is 11.2. The van der Waals surface area contributed by atoms with Gasteiger partial charge in [-0.1, -0.05) is 11.6 Å². The molecule has 0 aliphatic rings. The van der Waals surface area contributed by atoms with Gasteiger partial charge >= 0.3 is 5.97 Å². The number of carbonyl (C=O) groups is 2. The van der Waals surface area contributed by atoms with Crippen LogP contribution in [-0.4, -0.2) is 32.7 Å². The van der Waals surface area contributed by atoms with E-state index in [0.29, 0.717) is 22.2 Å². The summed E-state index contributed by atoms with van der Waals surface area (Å²) in [6.45, 7) is -0.416. The van der Waals surface area contributed by atoms with Crippen molar-refractivity contribution in [2.45, 2.75) is 0 Å². The summed E-state index contributed by atoms with van der Waals surface area (Å²) < 4.78 is 15.2. The summed E-state index contributed by atoms with van der Waals surface area (Å²) >= 11 is 5.77. The van der Waals surface area contributed by atoms with Gasteiger partial charge in [0.2, 0.25) is 0 Å². The first kappa shape index (κ1) is 17.6. The zero-order chi connectivity index (χ0) is 17.5. The predicted molar refractivity (Wildman–Crippen MR) is 89.9 cm³/mol. The second-order valence-corrected chi connectivity index (χ2v) is 5.17. The van der Waals surface area contributed by atoms with Crippen molar-refractivity contribution in [1.82, 2.24) is 0 Å². The van der Waals surface area contributed by atoms with Crippen molar-refractivity contribution in [1.29, 1.82) is 0 Å². The van der Waals surface area contributed by atoms with Crippen LogP contribution in [0.15, 0.2) is 42.5 Å². The van der Waals surface area contributed by atoms with Crippen LogP contribution in [0.4, 0.5) is 5.69 Å². The van der Waals surface area contributed by atoms with E-state index in [-0.39, 0.29) is 5.56 Å². The number of rotatable bonds is 6. The first-order chi connectivity index (χ1) is 11.5. The Hall–Kier alpha value is -2.73. The third kappa shape index (κ3) is 4.89. The maximum atomic E-state index is 12.1. The molecule has 6 nitrogen and oxygen atoms in total. The van der Waals surface area contributed by atoms with Gasteiger partial charge in [-0.2, -0.15) is 0 Å². The highest BCUT2D eigenvalue weighted by Gasteiger charge is 2.13. The minimum absolute atomic E-state index is 0.227. The van der Waals surface area contributed by atoms with E-state index in [2.05, 4.69) is 5.32 Å². The Kier molecular flexibility index (Phi) is 6.03. The maximum Gasteiger partial charge on any atom is 0.338 e. The standard InChI is InChI=1S/C17H16ClNO5/c1-22-14-7-11(8-15(9-14)23-2)17(21)24-10-16(20)19-13-5-3-12(18)4-6-13/h3-9H,10H2,1-2H3,(H,19,20). The fourth-order valence-corrected chi connectivity index (χ4v) is 2.00. The molecule has 2 aromatic carbocycles. The van der Waals surface area contributed by atoms with Gasteiger partial charge < -0.3 is 19.5 Å². The molecule has 0 bridgehead atoms. The smallest absolute Gasteiger partial charge is 0.338 e. The molecule has 0 atom stereocenters. The van der Waals surface area contributed by atoms with E-state index in [1.165, 1.54) is 26.4 Å². The molecule has 0 aliphatic heterocycles. The molecule has 0 unspecified atom stereocenters. The largest absolute Gasteiger partial charge is 0.497 e. The van der Waals surface area contributed by atoms with Gasteiger partial charge in [0.15, 0.2) is 6.61 Å². The molecule has 2 aromatic rings. The molecule has 24 heavy (non-hydrogen) atoms. The summed E-state index contributed by atoms with van der Waals surface area (Å²) in [7, 11) is 2.95. The van der Waals surface area contributed by atoms with Crippen molar-refractivity contribution >= 4 is 29.2 Å². The van der Waals surface area contributed by atoms with Crippen LogP contribution in [0, 0.1) is 0 Å². The fourth-order valence-electron chi connectivity index (χ4n) is 1.87. The van der Waals surface area contributed by atoms with Gasteiger partial charge in [0.1, 0.15) is 11.5 Å².